The molecule has 120 valence electrons. The first-order valence-corrected chi connectivity index (χ1v) is 7.56. The largest absolute Gasteiger partial charge is 0.388 e. The van der Waals surface area contributed by atoms with E-state index in [-0.39, 0.29) is 12.5 Å². The van der Waals surface area contributed by atoms with Crippen molar-refractivity contribution in [1.82, 2.24) is 10.2 Å². The highest BCUT2D eigenvalue weighted by Gasteiger charge is 2.46. The molecule has 1 aliphatic rings. The van der Waals surface area contributed by atoms with Crippen LogP contribution in [-0.2, 0) is 4.79 Å². The fraction of sp³-hybridized carbons (Fsp3) is 0.500. The predicted octanol–water partition coefficient (Wildman–Crippen LogP) is 0.149. The van der Waals surface area contributed by atoms with Gasteiger partial charge in [0.15, 0.2) is 0 Å². The maximum Gasteiger partial charge on any atom is 0.254 e. The van der Waals surface area contributed by atoms with Gasteiger partial charge in [-0.05, 0) is 18.6 Å². The number of nitrogens with one attached hydrogen (secondary N) is 1. The van der Waals surface area contributed by atoms with Gasteiger partial charge in [-0.1, -0.05) is 31.5 Å². The van der Waals surface area contributed by atoms with E-state index in [0.717, 1.165) is 12.8 Å². The lowest BCUT2D eigenvalue weighted by molar-refractivity contribution is -0.127. The quantitative estimate of drug-likeness (QED) is 0.676. The molecule has 1 saturated heterocycles. The molecule has 0 radical (unpaired) electrons. The van der Waals surface area contributed by atoms with Crippen LogP contribution in [0.5, 0.6) is 0 Å². The number of benzene rings is 1. The second-order valence-corrected chi connectivity index (χ2v) is 5.47. The number of carbonyl (C=O) groups excluding carboxylic acids is 2. The lowest BCUT2D eigenvalue weighted by Crippen LogP contribution is -2.50. The molecule has 0 aromatic heterocycles. The van der Waals surface area contributed by atoms with E-state index in [4.69, 9.17) is 0 Å². The summed E-state index contributed by atoms with van der Waals surface area (Å²) in [7, 11) is 0. The third kappa shape index (κ3) is 3.45. The van der Waals surface area contributed by atoms with E-state index in [1.807, 2.05) is 6.92 Å². The summed E-state index contributed by atoms with van der Waals surface area (Å²) in [6.07, 6.45) is -0.629. The summed E-state index contributed by atoms with van der Waals surface area (Å²) in [5, 5.41) is 22.6. The Hall–Kier alpha value is -1.92. The number of amides is 2. The lowest BCUT2D eigenvalue weighted by atomic mass is 10.1. The van der Waals surface area contributed by atoms with Crippen molar-refractivity contribution in [2.45, 2.75) is 38.0 Å². The molecule has 1 aromatic rings. The van der Waals surface area contributed by atoms with Crippen LogP contribution in [0, 0.1) is 0 Å². The topological polar surface area (TPSA) is 89.9 Å². The minimum atomic E-state index is -1.27. The van der Waals surface area contributed by atoms with E-state index in [1.165, 1.54) is 4.90 Å². The van der Waals surface area contributed by atoms with Crippen molar-refractivity contribution in [3.05, 3.63) is 35.9 Å². The highest BCUT2D eigenvalue weighted by Crippen LogP contribution is 2.21. The molecule has 0 saturated carbocycles. The highest BCUT2D eigenvalue weighted by atomic mass is 16.3. The number of aliphatic hydroxyl groups is 2. The number of nitrogens with zero attached hydrogens (tertiary/aromatic N) is 1. The molecular formula is C16H22N2O4. The van der Waals surface area contributed by atoms with Crippen LogP contribution in [0.25, 0.3) is 0 Å². The van der Waals surface area contributed by atoms with Crippen LogP contribution in [0.15, 0.2) is 30.3 Å². The Kier molecular flexibility index (Phi) is 5.51. The minimum Gasteiger partial charge on any atom is -0.388 e. The van der Waals surface area contributed by atoms with Crippen LogP contribution in [-0.4, -0.2) is 58.3 Å². The molecule has 0 bridgehead atoms. The summed E-state index contributed by atoms with van der Waals surface area (Å²) in [6, 6.07) is 7.48. The van der Waals surface area contributed by atoms with Crippen LogP contribution < -0.4 is 5.32 Å². The first-order chi connectivity index (χ1) is 10.6. The third-order valence-electron chi connectivity index (χ3n) is 3.82. The second-order valence-electron chi connectivity index (χ2n) is 5.47. The van der Waals surface area contributed by atoms with Gasteiger partial charge in [0.1, 0.15) is 18.2 Å². The molecule has 22 heavy (non-hydrogen) atoms. The van der Waals surface area contributed by atoms with Gasteiger partial charge in [0.2, 0.25) is 5.91 Å². The van der Waals surface area contributed by atoms with Crippen molar-refractivity contribution in [1.29, 1.82) is 0 Å². The molecule has 0 aliphatic carbocycles. The summed E-state index contributed by atoms with van der Waals surface area (Å²) >= 11 is 0. The number of hydrogen-bond acceptors (Lipinski definition) is 4. The summed E-state index contributed by atoms with van der Waals surface area (Å²) in [5.74, 6) is -0.798. The van der Waals surface area contributed by atoms with Gasteiger partial charge in [-0.15, -0.1) is 0 Å². The summed E-state index contributed by atoms with van der Waals surface area (Å²) in [6.45, 7) is 2.44. The van der Waals surface area contributed by atoms with Crippen molar-refractivity contribution in [2.24, 2.45) is 0 Å². The number of hydrogen-bond donors (Lipinski definition) is 3. The fourth-order valence-corrected chi connectivity index (χ4v) is 2.56. The molecular weight excluding hydrogens is 284 g/mol. The monoisotopic (exact) mass is 306 g/mol. The fourth-order valence-electron chi connectivity index (χ4n) is 2.56. The van der Waals surface area contributed by atoms with Crippen molar-refractivity contribution < 1.29 is 19.8 Å². The van der Waals surface area contributed by atoms with Gasteiger partial charge in [-0.2, -0.15) is 0 Å². The Labute approximate surface area is 129 Å². The zero-order chi connectivity index (χ0) is 16.1. The average molecular weight is 306 g/mol. The SMILES string of the molecule is CCCCNC(=O)[C@@H]1[C@@H](O)[C@@H](O)CN1C(=O)c1ccccc1. The van der Waals surface area contributed by atoms with E-state index < -0.39 is 24.2 Å². The predicted molar refractivity (Wildman–Crippen MR) is 81.2 cm³/mol. The Morgan fingerprint density at radius 3 is 2.59 bits per heavy atom. The van der Waals surface area contributed by atoms with E-state index in [1.54, 1.807) is 30.3 Å². The molecule has 3 atom stereocenters. The van der Waals surface area contributed by atoms with Crippen LogP contribution in [0.2, 0.25) is 0 Å². The summed E-state index contributed by atoms with van der Waals surface area (Å²) in [5.41, 5.74) is 0.426. The van der Waals surface area contributed by atoms with E-state index in [0.29, 0.717) is 12.1 Å². The molecule has 1 fully saturated rings. The molecule has 2 rings (SSSR count). The van der Waals surface area contributed by atoms with Gasteiger partial charge < -0.3 is 20.4 Å². The van der Waals surface area contributed by atoms with Crippen LogP contribution in [0.4, 0.5) is 0 Å². The average Bonchev–Trinajstić information content (AvgIpc) is 2.83. The van der Waals surface area contributed by atoms with E-state index in [2.05, 4.69) is 5.32 Å². The number of likely N-dealkylation sites (tertiary alicyclic amines) is 1. The standard InChI is InChI=1S/C16H22N2O4/c1-2-3-9-17-15(21)13-14(20)12(19)10-18(13)16(22)11-7-5-4-6-8-11/h4-8,12-14,19-20H,2-3,9-10H2,1H3,(H,17,21)/t12-,13-,14-/m0/s1. The number of carbonyl (C=O) groups is 2. The molecule has 0 unspecified atom stereocenters. The van der Waals surface area contributed by atoms with E-state index >= 15 is 0 Å². The number of β-amino-alcohol motifs (C(OH)–C–C–N with tert-alkyl or cyclic N) is 1. The Balaban J connectivity index is 2.14. The molecule has 2 amide bonds. The van der Waals surface area contributed by atoms with Crippen molar-refractivity contribution in [3.63, 3.8) is 0 Å². The highest BCUT2D eigenvalue weighted by molar-refractivity contribution is 5.98. The van der Waals surface area contributed by atoms with Crippen LogP contribution in [0.3, 0.4) is 0 Å². The maximum atomic E-state index is 12.5. The van der Waals surface area contributed by atoms with Gasteiger partial charge in [0.25, 0.3) is 5.91 Å². The summed E-state index contributed by atoms with van der Waals surface area (Å²) < 4.78 is 0. The molecule has 1 aromatic carbocycles. The third-order valence-corrected chi connectivity index (χ3v) is 3.82. The number of unbranched alkanes of at least 4 members (excludes halogenated alkanes) is 1. The molecule has 6 nitrogen and oxygen atoms in total. The second kappa shape index (κ2) is 7.38. The van der Waals surface area contributed by atoms with Gasteiger partial charge in [-0.25, -0.2) is 0 Å². The van der Waals surface area contributed by atoms with Gasteiger partial charge in [0, 0.05) is 12.1 Å². The van der Waals surface area contributed by atoms with Crippen molar-refractivity contribution in [3.8, 4) is 0 Å². The number of rotatable bonds is 5. The van der Waals surface area contributed by atoms with Crippen molar-refractivity contribution >= 4 is 11.8 Å². The first-order valence-electron chi connectivity index (χ1n) is 7.56. The van der Waals surface area contributed by atoms with Gasteiger partial charge in [0.05, 0.1) is 6.54 Å². The Morgan fingerprint density at radius 2 is 1.95 bits per heavy atom. The normalized spacial score (nSPS) is 24.3. The van der Waals surface area contributed by atoms with Crippen LogP contribution in [0.1, 0.15) is 30.1 Å². The molecule has 0 spiro atoms. The minimum absolute atomic E-state index is 0.0548. The van der Waals surface area contributed by atoms with Crippen molar-refractivity contribution in [2.75, 3.05) is 13.1 Å². The molecule has 6 heteroatoms. The van der Waals surface area contributed by atoms with Gasteiger partial charge in [-0.3, -0.25) is 9.59 Å². The first kappa shape index (κ1) is 16.5. The Bertz CT molecular complexity index is 520. The Morgan fingerprint density at radius 1 is 1.27 bits per heavy atom. The smallest absolute Gasteiger partial charge is 0.254 e. The molecule has 3 N–H and O–H groups in total. The zero-order valence-corrected chi connectivity index (χ0v) is 12.6. The molecule has 1 aliphatic heterocycles. The molecule has 1 heterocycles. The maximum absolute atomic E-state index is 12.5. The van der Waals surface area contributed by atoms with Gasteiger partial charge >= 0.3 is 0 Å². The van der Waals surface area contributed by atoms with Crippen LogP contribution >= 0.6 is 0 Å². The van der Waals surface area contributed by atoms with E-state index in [9.17, 15) is 19.8 Å². The number of aliphatic hydroxyl groups excluding tert-OH is 2. The zero-order valence-electron chi connectivity index (χ0n) is 12.6. The lowest BCUT2D eigenvalue weighted by Gasteiger charge is -2.25. The summed E-state index contributed by atoms with van der Waals surface area (Å²) in [4.78, 5) is 26.0.